The molecule has 23 heavy (non-hydrogen) atoms. The summed E-state index contributed by atoms with van der Waals surface area (Å²) in [7, 11) is -4.50. The van der Waals surface area contributed by atoms with Crippen molar-refractivity contribution in [2.24, 2.45) is 0 Å². The minimum absolute atomic E-state index is 0.0546. The van der Waals surface area contributed by atoms with E-state index in [1.807, 2.05) is 0 Å². The fourth-order valence-corrected chi connectivity index (χ4v) is 3.89. The number of nitrogens with zero attached hydrogens (tertiary/aromatic N) is 2. The molecule has 1 atom stereocenters. The molecule has 1 N–H and O–H groups in total. The van der Waals surface area contributed by atoms with Gasteiger partial charge in [0.25, 0.3) is 15.1 Å². The van der Waals surface area contributed by atoms with E-state index in [0.29, 0.717) is 5.69 Å². The summed E-state index contributed by atoms with van der Waals surface area (Å²) in [5.41, 5.74) is 0.383. The number of aryl methyl sites for hydroxylation is 1. The zero-order valence-corrected chi connectivity index (χ0v) is 13.4. The average molecular weight is 367 g/mol. The third-order valence-electron chi connectivity index (χ3n) is 3.18. The largest absolute Gasteiger partial charge is 0.428 e. The van der Waals surface area contributed by atoms with E-state index in [-0.39, 0.29) is 16.8 Å². The zero-order chi connectivity index (χ0) is 16.8. The monoisotopic (exact) mass is 367 g/mol. The number of hydrogen-bond donors (Lipinski definition) is 1. The molecule has 1 aliphatic carbocycles. The van der Waals surface area contributed by atoms with Gasteiger partial charge in [0.1, 0.15) is 5.01 Å². The van der Waals surface area contributed by atoms with E-state index >= 15 is 0 Å². The molecule has 0 saturated heterocycles. The molecule has 0 aliphatic heterocycles. The van der Waals surface area contributed by atoms with Crippen molar-refractivity contribution in [1.82, 2.24) is 14.7 Å². The normalized spacial score (nSPS) is 17.4. The van der Waals surface area contributed by atoms with Crippen molar-refractivity contribution in [3.05, 3.63) is 28.2 Å². The van der Waals surface area contributed by atoms with Crippen LogP contribution in [0.4, 0.5) is 13.2 Å². The lowest BCUT2D eigenvalue weighted by Crippen LogP contribution is -2.38. The van der Waals surface area contributed by atoms with E-state index in [9.17, 15) is 21.6 Å². The fraction of sp³-hybridized carbons (Fsp3) is 0.500. The summed E-state index contributed by atoms with van der Waals surface area (Å²) in [4.78, 5) is 7.53. The van der Waals surface area contributed by atoms with Gasteiger partial charge in [0.05, 0.1) is 6.20 Å². The van der Waals surface area contributed by atoms with E-state index in [2.05, 4.69) is 9.97 Å². The van der Waals surface area contributed by atoms with Crippen molar-refractivity contribution in [3.8, 4) is 0 Å². The Morgan fingerprint density at radius 2 is 2.13 bits per heavy atom. The maximum atomic E-state index is 13.2. The molecular weight excluding hydrogens is 355 g/mol. The quantitative estimate of drug-likeness (QED) is 0.878. The highest BCUT2D eigenvalue weighted by Gasteiger charge is 2.46. The SMILES string of the molecule is Cc1csc(C(NS(=O)(=O)c2cnc(C3CC3)o2)C(F)(F)F)n1. The van der Waals surface area contributed by atoms with Crippen LogP contribution in [0.15, 0.2) is 21.1 Å². The van der Waals surface area contributed by atoms with Crippen LogP contribution in [0, 0.1) is 6.92 Å². The van der Waals surface area contributed by atoms with Crippen LogP contribution in [0.1, 0.15) is 41.4 Å². The number of rotatable bonds is 5. The van der Waals surface area contributed by atoms with Gasteiger partial charge in [-0.25, -0.2) is 18.4 Å². The van der Waals surface area contributed by atoms with Crippen LogP contribution in [0.3, 0.4) is 0 Å². The van der Waals surface area contributed by atoms with Crippen LogP contribution in [0.5, 0.6) is 0 Å². The molecule has 1 fully saturated rings. The van der Waals surface area contributed by atoms with Crippen molar-refractivity contribution in [2.45, 2.75) is 43.0 Å². The molecule has 0 amide bonds. The lowest BCUT2D eigenvalue weighted by molar-refractivity contribution is -0.153. The Bertz CT molecular complexity index is 809. The van der Waals surface area contributed by atoms with Crippen molar-refractivity contribution in [2.75, 3.05) is 0 Å². The predicted octanol–water partition coefficient (Wildman–Crippen LogP) is 2.90. The highest BCUT2D eigenvalue weighted by Crippen LogP contribution is 2.40. The molecule has 6 nitrogen and oxygen atoms in total. The Morgan fingerprint density at radius 1 is 1.43 bits per heavy atom. The molecule has 1 saturated carbocycles. The Balaban J connectivity index is 1.88. The van der Waals surface area contributed by atoms with Crippen LogP contribution < -0.4 is 4.72 Å². The first-order chi connectivity index (χ1) is 10.7. The summed E-state index contributed by atoms with van der Waals surface area (Å²) in [6, 6.07) is -2.43. The van der Waals surface area contributed by atoms with Crippen molar-refractivity contribution in [1.29, 1.82) is 0 Å². The summed E-state index contributed by atoms with van der Waals surface area (Å²) in [6.07, 6.45) is -2.23. The van der Waals surface area contributed by atoms with Crippen molar-refractivity contribution < 1.29 is 26.0 Å². The molecule has 2 aromatic rings. The fourth-order valence-electron chi connectivity index (χ4n) is 1.89. The minimum Gasteiger partial charge on any atom is -0.428 e. The predicted molar refractivity (Wildman–Crippen MR) is 74.4 cm³/mol. The van der Waals surface area contributed by atoms with E-state index < -0.39 is 27.3 Å². The van der Waals surface area contributed by atoms with E-state index in [0.717, 1.165) is 30.4 Å². The number of oxazole rings is 1. The molecule has 126 valence electrons. The number of aromatic nitrogens is 2. The molecular formula is C12H12F3N3O3S2. The van der Waals surface area contributed by atoms with E-state index in [4.69, 9.17) is 4.42 Å². The lowest BCUT2D eigenvalue weighted by Gasteiger charge is -2.18. The topological polar surface area (TPSA) is 85.1 Å². The molecule has 3 rings (SSSR count). The van der Waals surface area contributed by atoms with E-state index in [1.165, 1.54) is 12.3 Å². The average Bonchev–Trinajstić information content (AvgIpc) is 3.00. The standard InChI is InChI=1S/C12H12F3N3O3S2/c1-6-5-22-11(17-6)9(12(13,14)15)18-23(19,20)8-4-16-10(21-8)7-2-3-7/h4-5,7,9,18H,2-3H2,1H3. The third kappa shape index (κ3) is 3.56. The molecule has 0 radical (unpaired) electrons. The third-order valence-corrected chi connectivity index (χ3v) is 5.47. The first-order valence-electron chi connectivity index (χ1n) is 6.63. The second kappa shape index (κ2) is 5.56. The van der Waals surface area contributed by atoms with Gasteiger partial charge in [-0.3, -0.25) is 0 Å². The van der Waals surface area contributed by atoms with Gasteiger partial charge in [-0.05, 0) is 19.8 Å². The molecule has 1 aliphatic rings. The number of sulfonamides is 1. The molecule has 0 spiro atoms. The second-order valence-corrected chi connectivity index (χ2v) is 7.75. The first-order valence-corrected chi connectivity index (χ1v) is 9.00. The Labute approximate surface area is 133 Å². The summed E-state index contributed by atoms with van der Waals surface area (Å²) in [5, 5.41) is 0.421. The van der Waals surface area contributed by atoms with Gasteiger partial charge in [-0.2, -0.15) is 17.9 Å². The summed E-state index contributed by atoms with van der Waals surface area (Å²) < 4.78 is 70.6. The van der Waals surface area contributed by atoms with Crippen LogP contribution in [0.25, 0.3) is 0 Å². The van der Waals surface area contributed by atoms with Crippen molar-refractivity contribution in [3.63, 3.8) is 0 Å². The number of halogens is 3. The maximum Gasteiger partial charge on any atom is 0.411 e. The lowest BCUT2D eigenvalue weighted by atomic mass is 10.3. The van der Waals surface area contributed by atoms with Gasteiger partial charge in [-0.1, -0.05) is 0 Å². The van der Waals surface area contributed by atoms with Gasteiger partial charge in [-0.15, -0.1) is 11.3 Å². The number of alkyl halides is 3. The highest BCUT2D eigenvalue weighted by molar-refractivity contribution is 7.89. The molecule has 2 aromatic heterocycles. The van der Waals surface area contributed by atoms with Gasteiger partial charge in [0.2, 0.25) is 0 Å². The number of thiazole rings is 1. The van der Waals surface area contributed by atoms with Crippen LogP contribution in [0.2, 0.25) is 0 Å². The first kappa shape index (κ1) is 16.4. The zero-order valence-electron chi connectivity index (χ0n) is 11.8. The summed E-state index contributed by atoms with van der Waals surface area (Å²) in [6.45, 7) is 1.53. The molecule has 1 unspecified atom stereocenters. The molecule has 11 heteroatoms. The summed E-state index contributed by atoms with van der Waals surface area (Å²) in [5.74, 6) is 0.290. The second-order valence-electron chi connectivity index (χ2n) is 5.21. The Morgan fingerprint density at radius 3 is 2.65 bits per heavy atom. The maximum absolute atomic E-state index is 13.2. The van der Waals surface area contributed by atoms with Crippen LogP contribution >= 0.6 is 11.3 Å². The van der Waals surface area contributed by atoms with Gasteiger partial charge in [0, 0.05) is 17.0 Å². The van der Waals surface area contributed by atoms with Gasteiger partial charge in [0.15, 0.2) is 11.9 Å². The Kier molecular flexibility index (Phi) is 3.97. The highest BCUT2D eigenvalue weighted by atomic mass is 32.2. The van der Waals surface area contributed by atoms with Gasteiger partial charge < -0.3 is 4.42 Å². The Hall–Kier alpha value is -1.46. The van der Waals surface area contributed by atoms with Crippen molar-refractivity contribution >= 4 is 21.4 Å². The number of nitrogens with one attached hydrogen (secondary N) is 1. The van der Waals surface area contributed by atoms with E-state index in [1.54, 1.807) is 4.72 Å². The smallest absolute Gasteiger partial charge is 0.411 e. The van der Waals surface area contributed by atoms with Crippen LogP contribution in [-0.4, -0.2) is 24.6 Å². The molecule has 2 heterocycles. The molecule has 0 bridgehead atoms. The minimum atomic E-state index is -4.82. The van der Waals surface area contributed by atoms with Crippen LogP contribution in [-0.2, 0) is 10.0 Å². The summed E-state index contributed by atoms with van der Waals surface area (Å²) >= 11 is 0.736. The number of hydrogen-bond acceptors (Lipinski definition) is 6. The molecule has 0 aromatic carbocycles. The van der Waals surface area contributed by atoms with Gasteiger partial charge >= 0.3 is 6.18 Å².